The van der Waals surface area contributed by atoms with Crippen LogP contribution < -0.4 is 5.32 Å². The van der Waals surface area contributed by atoms with Crippen molar-refractivity contribution in [3.05, 3.63) is 15.6 Å². The SMILES string of the molecule is Cc1nc(CC(C)C)sc1C(=O)NC1CC(C)N(C(=O)CN2CC(C)(C)C2)C1. The van der Waals surface area contributed by atoms with Crippen molar-refractivity contribution in [2.24, 2.45) is 11.3 Å². The fourth-order valence-electron chi connectivity index (χ4n) is 4.39. The van der Waals surface area contributed by atoms with Crippen molar-refractivity contribution in [2.75, 3.05) is 26.2 Å². The second-order valence-corrected chi connectivity index (χ2v) is 10.8. The zero-order chi connectivity index (χ0) is 20.6. The Morgan fingerprint density at radius 2 is 2.00 bits per heavy atom. The Hall–Kier alpha value is -1.47. The molecule has 2 aliphatic rings. The van der Waals surface area contributed by atoms with Crippen LogP contribution in [0.15, 0.2) is 0 Å². The highest BCUT2D eigenvalue weighted by atomic mass is 32.1. The number of amides is 2. The molecule has 2 atom stereocenters. The Morgan fingerprint density at radius 1 is 1.32 bits per heavy atom. The monoisotopic (exact) mass is 406 g/mol. The van der Waals surface area contributed by atoms with E-state index in [4.69, 9.17) is 0 Å². The summed E-state index contributed by atoms with van der Waals surface area (Å²) < 4.78 is 0. The molecule has 156 valence electrons. The smallest absolute Gasteiger partial charge is 0.263 e. The lowest BCUT2D eigenvalue weighted by molar-refractivity contribution is -0.135. The van der Waals surface area contributed by atoms with E-state index in [0.29, 0.717) is 29.3 Å². The molecule has 0 bridgehead atoms. The molecule has 1 N–H and O–H groups in total. The van der Waals surface area contributed by atoms with E-state index in [1.165, 1.54) is 11.3 Å². The Morgan fingerprint density at radius 3 is 2.61 bits per heavy atom. The van der Waals surface area contributed by atoms with E-state index in [-0.39, 0.29) is 23.9 Å². The second-order valence-electron chi connectivity index (χ2n) is 9.73. The minimum absolute atomic E-state index is 0.00864. The number of hydrogen-bond donors (Lipinski definition) is 1. The lowest BCUT2D eigenvalue weighted by atomic mass is 9.84. The number of rotatable bonds is 6. The highest BCUT2D eigenvalue weighted by Gasteiger charge is 2.38. The lowest BCUT2D eigenvalue weighted by Gasteiger charge is -2.46. The van der Waals surface area contributed by atoms with Gasteiger partial charge in [-0.3, -0.25) is 14.5 Å². The standard InChI is InChI=1S/C21H34N4O2S/c1-13(2)7-17-22-15(4)19(28-17)20(27)23-16-8-14(3)25(9-16)18(26)10-24-11-21(5,6)12-24/h13-14,16H,7-12H2,1-6H3,(H,23,27). The first-order valence-electron chi connectivity index (χ1n) is 10.3. The number of carbonyl (C=O) groups excluding carboxylic acids is 2. The molecule has 7 heteroatoms. The maximum atomic E-state index is 12.8. The van der Waals surface area contributed by atoms with E-state index in [1.807, 2.05) is 11.8 Å². The average Bonchev–Trinajstić information content (AvgIpc) is 3.07. The van der Waals surface area contributed by atoms with Crippen LogP contribution in [-0.4, -0.2) is 64.9 Å². The zero-order valence-corrected chi connectivity index (χ0v) is 18.9. The van der Waals surface area contributed by atoms with Gasteiger partial charge in [-0.25, -0.2) is 4.98 Å². The van der Waals surface area contributed by atoms with Crippen molar-refractivity contribution in [3.8, 4) is 0 Å². The molecule has 28 heavy (non-hydrogen) atoms. The Kier molecular flexibility index (Phi) is 6.15. The van der Waals surface area contributed by atoms with Crippen molar-refractivity contribution in [1.82, 2.24) is 20.1 Å². The predicted octanol–water partition coefficient (Wildman–Crippen LogP) is 2.71. The maximum absolute atomic E-state index is 12.8. The van der Waals surface area contributed by atoms with E-state index in [1.54, 1.807) is 0 Å². The fraction of sp³-hybridized carbons (Fsp3) is 0.762. The van der Waals surface area contributed by atoms with Crippen LogP contribution in [0, 0.1) is 18.3 Å². The highest BCUT2D eigenvalue weighted by molar-refractivity contribution is 7.13. The summed E-state index contributed by atoms with van der Waals surface area (Å²) in [6.45, 7) is 15.8. The Balaban J connectivity index is 1.54. The van der Waals surface area contributed by atoms with E-state index in [2.05, 4.69) is 49.8 Å². The zero-order valence-electron chi connectivity index (χ0n) is 18.0. The largest absolute Gasteiger partial charge is 0.347 e. The van der Waals surface area contributed by atoms with Gasteiger partial charge in [-0.05, 0) is 31.6 Å². The summed E-state index contributed by atoms with van der Waals surface area (Å²) >= 11 is 1.50. The van der Waals surface area contributed by atoms with Gasteiger partial charge in [0.2, 0.25) is 5.91 Å². The molecule has 1 aromatic heterocycles. The molecule has 3 heterocycles. The van der Waals surface area contributed by atoms with Gasteiger partial charge in [0.05, 0.1) is 17.2 Å². The van der Waals surface area contributed by atoms with Crippen LogP contribution in [0.3, 0.4) is 0 Å². The number of carbonyl (C=O) groups is 2. The number of thiazole rings is 1. The van der Waals surface area contributed by atoms with Crippen LogP contribution in [0.4, 0.5) is 0 Å². The Bertz CT molecular complexity index is 735. The molecule has 2 fully saturated rings. The van der Waals surface area contributed by atoms with Crippen molar-refractivity contribution >= 4 is 23.2 Å². The highest BCUT2D eigenvalue weighted by Crippen LogP contribution is 2.29. The number of nitrogens with one attached hydrogen (secondary N) is 1. The summed E-state index contributed by atoms with van der Waals surface area (Å²) in [5.41, 5.74) is 1.13. The van der Waals surface area contributed by atoms with Gasteiger partial charge in [-0.1, -0.05) is 27.7 Å². The maximum Gasteiger partial charge on any atom is 0.263 e. The van der Waals surface area contributed by atoms with Crippen LogP contribution >= 0.6 is 11.3 Å². The summed E-state index contributed by atoms with van der Waals surface area (Å²) in [7, 11) is 0. The lowest BCUT2D eigenvalue weighted by Crippen LogP contribution is -2.56. The van der Waals surface area contributed by atoms with E-state index in [0.717, 1.165) is 36.6 Å². The molecule has 0 aliphatic carbocycles. The van der Waals surface area contributed by atoms with Crippen LogP contribution in [-0.2, 0) is 11.2 Å². The molecular weight excluding hydrogens is 372 g/mol. The first kappa shape index (κ1) is 21.2. The first-order valence-corrected chi connectivity index (χ1v) is 11.1. The quantitative estimate of drug-likeness (QED) is 0.789. The summed E-state index contributed by atoms with van der Waals surface area (Å²) in [6.07, 6.45) is 1.70. The molecule has 0 spiro atoms. The molecule has 2 saturated heterocycles. The summed E-state index contributed by atoms with van der Waals surface area (Å²) in [6, 6.07) is 0.167. The third-order valence-electron chi connectivity index (χ3n) is 5.52. The van der Waals surface area contributed by atoms with E-state index < -0.39 is 0 Å². The number of aryl methyl sites for hydroxylation is 1. The molecular formula is C21H34N4O2S. The summed E-state index contributed by atoms with van der Waals surface area (Å²) in [4.78, 5) is 34.8. The molecule has 2 aliphatic heterocycles. The van der Waals surface area contributed by atoms with Crippen LogP contribution in [0.25, 0.3) is 0 Å². The molecule has 2 amide bonds. The molecule has 2 unspecified atom stereocenters. The third kappa shape index (κ3) is 4.92. The molecule has 0 aromatic carbocycles. The first-order chi connectivity index (χ1) is 13.0. The van der Waals surface area contributed by atoms with Gasteiger partial charge >= 0.3 is 0 Å². The average molecular weight is 407 g/mol. The summed E-state index contributed by atoms with van der Waals surface area (Å²) in [5.74, 6) is 0.641. The third-order valence-corrected chi connectivity index (χ3v) is 6.70. The van der Waals surface area contributed by atoms with Gasteiger partial charge in [-0.15, -0.1) is 11.3 Å². The van der Waals surface area contributed by atoms with Gasteiger partial charge in [0.15, 0.2) is 0 Å². The molecule has 0 radical (unpaired) electrons. The van der Waals surface area contributed by atoms with Gasteiger partial charge < -0.3 is 10.2 Å². The molecule has 6 nitrogen and oxygen atoms in total. The normalized spacial score (nSPS) is 24.5. The Labute approximate surface area is 172 Å². The van der Waals surface area contributed by atoms with Gasteiger partial charge in [0.25, 0.3) is 5.91 Å². The summed E-state index contributed by atoms with van der Waals surface area (Å²) in [5, 5.41) is 4.16. The fourth-order valence-corrected chi connectivity index (χ4v) is 5.57. The topological polar surface area (TPSA) is 65.5 Å². The molecule has 1 aromatic rings. The van der Waals surface area contributed by atoms with Gasteiger partial charge in [0, 0.05) is 38.1 Å². The van der Waals surface area contributed by atoms with Crippen molar-refractivity contribution in [3.63, 3.8) is 0 Å². The van der Waals surface area contributed by atoms with E-state index in [9.17, 15) is 9.59 Å². The van der Waals surface area contributed by atoms with Crippen LogP contribution in [0.5, 0.6) is 0 Å². The minimum atomic E-state index is -0.0546. The van der Waals surface area contributed by atoms with Crippen molar-refractivity contribution in [1.29, 1.82) is 0 Å². The van der Waals surface area contributed by atoms with Crippen molar-refractivity contribution < 1.29 is 9.59 Å². The number of nitrogens with zero attached hydrogens (tertiary/aromatic N) is 3. The van der Waals surface area contributed by atoms with Gasteiger partial charge in [0.1, 0.15) is 4.88 Å². The second kappa shape index (κ2) is 8.11. The minimum Gasteiger partial charge on any atom is -0.347 e. The van der Waals surface area contributed by atoms with Crippen LogP contribution in [0.2, 0.25) is 0 Å². The van der Waals surface area contributed by atoms with Crippen LogP contribution in [0.1, 0.15) is 61.4 Å². The van der Waals surface area contributed by atoms with Gasteiger partial charge in [-0.2, -0.15) is 0 Å². The molecule has 3 rings (SSSR count). The molecule has 0 saturated carbocycles. The number of hydrogen-bond acceptors (Lipinski definition) is 5. The number of likely N-dealkylation sites (tertiary alicyclic amines) is 2. The van der Waals surface area contributed by atoms with Crippen molar-refractivity contribution in [2.45, 2.75) is 66.5 Å². The number of aromatic nitrogens is 1. The van der Waals surface area contributed by atoms with E-state index >= 15 is 0 Å². The predicted molar refractivity (Wildman–Crippen MR) is 113 cm³/mol.